The van der Waals surface area contributed by atoms with Gasteiger partial charge in [0.15, 0.2) is 6.61 Å². The first-order valence-electron chi connectivity index (χ1n) is 7.91. The molecule has 2 aromatic carbocycles. The van der Waals surface area contributed by atoms with Crippen molar-refractivity contribution in [2.45, 2.75) is 18.7 Å². The van der Waals surface area contributed by atoms with Crippen molar-refractivity contribution in [3.05, 3.63) is 48.0 Å². The highest BCUT2D eigenvalue weighted by atomic mass is 32.2. The lowest BCUT2D eigenvalue weighted by Crippen LogP contribution is -2.15. The SMILES string of the molecule is CCOC(=O)COc1ccc(S(=O)(=O)Nc2cc(C)ccc2OC)cc1. The van der Waals surface area contributed by atoms with Gasteiger partial charge in [0.2, 0.25) is 0 Å². The van der Waals surface area contributed by atoms with Gasteiger partial charge in [-0.25, -0.2) is 13.2 Å². The number of hydrogen-bond acceptors (Lipinski definition) is 6. The van der Waals surface area contributed by atoms with E-state index in [0.717, 1.165) is 5.56 Å². The van der Waals surface area contributed by atoms with Crippen LogP contribution in [0.1, 0.15) is 12.5 Å². The molecular formula is C18H21NO6S. The lowest BCUT2D eigenvalue weighted by molar-refractivity contribution is -0.145. The molecule has 0 saturated heterocycles. The minimum absolute atomic E-state index is 0.0598. The number of benzene rings is 2. The van der Waals surface area contributed by atoms with Crippen molar-refractivity contribution in [3.8, 4) is 11.5 Å². The second-order valence-corrected chi connectivity index (χ2v) is 7.06. The van der Waals surface area contributed by atoms with Crippen LogP contribution in [-0.2, 0) is 19.6 Å². The number of methoxy groups -OCH3 is 1. The highest BCUT2D eigenvalue weighted by Gasteiger charge is 2.17. The lowest BCUT2D eigenvalue weighted by Gasteiger charge is -2.13. The highest BCUT2D eigenvalue weighted by molar-refractivity contribution is 7.92. The summed E-state index contributed by atoms with van der Waals surface area (Å²) in [6.07, 6.45) is 0. The third-order valence-corrected chi connectivity index (χ3v) is 4.78. The Hall–Kier alpha value is -2.74. The molecule has 0 amide bonds. The minimum Gasteiger partial charge on any atom is -0.495 e. The van der Waals surface area contributed by atoms with E-state index in [1.165, 1.54) is 31.4 Å². The van der Waals surface area contributed by atoms with E-state index in [0.29, 0.717) is 17.2 Å². The number of ether oxygens (including phenoxy) is 3. The third kappa shape index (κ3) is 5.13. The first-order chi connectivity index (χ1) is 12.4. The second-order valence-electron chi connectivity index (χ2n) is 5.37. The molecule has 2 rings (SSSR count). The van der Waals surface area contributed by atoms with Gasteiger partial charge in [0.25, 0.3) is 10.0 Å². The van der Waals surface area contributed by atoms with Gasteiger partial charge in [-0.1, -0.05) is 6.07 Å². The fourth-order valence-corrected chi connectivity index (χ4v) is 3.23. The number of esters is 1. The van der Waals surface area contributed by atoms with Gasteiger partial charge >= 0.3 is 5.97 Å². The first-order valence-corrected chi connectivity index (χ1v) is 9.40. The summed E-state index contributed by atoms with van der Waals surface area (Å²) in [6.45, 7) is 3.59. The summed E-state index contributed by atoms with van der Waals surface area (Å²) in [7, 11) is -2.33. The van der Waals surface area contributed by atoms with Crippen LogP contribution in [0.15, 0.2) is 47.4 Å². The number of hydrogen-bond donors (Lipinski definition) is 1. The number of nitrogens with one attached hydrogen (secondary N) is 1. The van der Waals surface area contributed by atoms with E-state index < -0.39 is 16.0 Å². The molecular weight excluding hydrogens is 358 g/mol. The zero-order valence-electron chi connectivity index (χ0n) is 14.8. The van der Waals surface area contributed by atoms with Crippen LogP contribution in [0.5, 0.6) is 11.5 Å². The maximum Gasteiger partial charge on any atom is 0.344 e. The number of anilines is 1. The molecule has 26 heavy (non-hydrogen) atoms. The normalized spacial score (nSPS) is 10.9. The highest BCUT2D eigenvalue weighted by Crippen LogP contribution is 2.28. The molecule has 0 atom stereocenters. The van der Waals surface area contributed by atoms with Crippen molar-refractivity contribution in [3.63, 3.8) is 0 Å². The van der Waals surface area contributed by atoms with Gasteiger partial charge < -0.3 is 14.2 Å². The molecule has 8 heteroatoms. The summed E-state index contributed by atoms with van der Waals surface area (Å²) >= 11 is 0. The predicted octanol–water partition coefficient (Wildman–Crippen LogP) is 2.75. The summed E-state index contributed by atoms with van der Waals surface area (Å²) in [6, 6.07) is 10.9. The fraction of sp³-hybridized carbons (Fsp3) is 0.278. The molecule has 7 nitrogen and oxygen atoms in total. The lowest BCUT2D eigenvalue weighted by atomic mass is 10.2. The molecule has 2 aromatic rings. The summed E-state index contributed by atoms with van der Waals surface area (Å²) in [5.74, 6) is 0.302. The zero-order chi connectivity index (χ0) is 19.2. The summed E-state index contributed by atoms with van der Waals surface area (Å²) in [5.41, 5.74) is 1.25. The van der Waals surface area contributed by atoms with Gasteiger partial charge in [-0.15, -0.1) is 0 Å². The van der Waals surface area contributed by atoms with Crippen LogP contribution in [0.4, 0.5) is 5.69 Å². The van der Waals surface area contributed by atoms with Crippen LogP contribution >= 0.6 is 0 Å². The monoisotopic (exact) mass is 379 g/mol. The van der Waals surface area contributed by atoms with Gasteiger partial charge in [-0.3, -0.25) is 4.72 Å². The van der Waals surface area contributed by atoms with Crippen molar-refractivity contribution < 1.29 is 27.4 Å². The quantitative estimate of drug-likeness (QED) is 0.709. The predicted molar refractivity (Wildman–Crippen MR) is 97.1 cm³/mol. The van der Waals surface area contributed by atoms with Crippen molar-refractivity contribution in [2.24, 2.45) is 0 Å². The van der Waals surface area contributed by atoms with E-state index in [9.17, 15) is 13.2 Å². The summed E-state index contributed by atoms with van der Waals surface area (Å²) in [5, 5.41) is 0. The van der Waals surface area contributed by atoms with Crippen LogP contribution in [0, 0.1) is 6.92 Å². The Labute approximate surface area is 152 Å². The largest absolute Gasteiger partial charge is 0.495 e. The van der Waals surface area contributed by atoms with E-state index in [2.05, 4.69) is 4.72 Å². The van der Waals surface area contributed by atoms with Crippen molar-refractivity contribution in [2.75, 3.05) is 25.0 Å². The van der Waals surface area contributed by atoms with Gasteiger partial charge in [-0.2, -0.15) is 0 Å². The van der Waals surface area contributed by atoms with Crippen molar-refractivity contribution in [1.29, 1.82) is 0 Å². The Morgan fingerprint density at radius 1 is 1.12 bits per heavy atom. The average Bonchev–Trinajstić information content (AvgIpc) is 2.60. The topological polar surface area (TPSA) is 90.9 Å². The number of carbonyl (C=O) groups excluding carboxylic acids is 1. The molecule has 1 N–H and O–H groups in total. The molecule has 0 bridgehead atoms. The van der Waals surface area contributed by atoms with Crippen LogP contribution in [0.25, 0.3) is 0 Å². The first kappa shape index (κ1) is 19.6. The van der Waals surface area contributed by atoms with Crippen LogP contribution in [-0.4, -0.2) is 34.7 Å². The van der Waals surface area contributed by atoms with E-state index >= 15 is 0 Å². The molecule has 0 radical (unpaired) electrons. The molecule has 0 aliphatic carbocycles. The summed E-state index contributed by atoms with van der Waals surface area (Å²) < 4.78 is 42.8. The third-order valence-electron chi connectivity index (χ3n) is 3.40. The van der Waals surface area contributed by atoms with E-state index in [-0.39, 0.29) is 18.1 Å². The van der Waals surface area contributed by atoms with E-state index in [1.807, 2.05) is 13.0 Å². The molecule has 0 aromatic heterocycles. The van der Waals surface area contributed by atoms with Crippen molar-refractivity contribution >= 4 is 21.7 Å². The van der Waals surface area contributed by atoms with E-state index in [1.54, 1.807) is 19.1 Å². The second kappa shape index (κ2) is 8.57. The summed E-state index contributed by atoms with van der Waals surface area (Å²) in [4.78, 5) is 11.3. The molecule has 0 unspecified atom stereocenters. The van der Waals surface area contributed by atoms with Crippen LogP contribution in [0.2, 0.25) is 0 Å². The van der Waals surface area contributed by atoms with Gasteiger partial charge in [-0.05, 0) is 55.8 Å². The van der Waals surface area contributed by atoms with Gasteiger partial charge in [0.1, 0.15) is 11.5 Å². The molecule has 0 heterocycles. The molecule has 140 valence electrons. The Balaban J connectivity index is 2.12. The Kier molecular flexibility index (Phi) is 6.46. The van der Waals surface area contributed by atoms with Crippen LogP contribution in [0.3, 0.4) is 0 Å². The maximum absolute atomic E-state index is 12.6. The number of aryl methyl sites for hydroxylation is 1. The zero-order valence-corrected chi connectivity index (χ0v) is 15.6. The Morgan fingerprint density at radius 2 is 1.81 bits per heavy atom. The fourth-order valence-electron chi connectivity index (χ4n) is 2.17. The minimum atomic E-state index is -3.80. The molecule has 0 aliphatic heterocycles. The van der Waals surface area contributed by atoms with Gasteiger partial charge in [0, 0.05) is 0 Å². The van der Waals surface area contributed by atoms with Crippen LogP contribution < -0.4 is 14.2 Å². The Morgan fingerprint density at radius 3 is 2.42 bits per heavy atom. The molecule has 0 aliphatic rings. The Bertz CT molecular complexity index is 862. The maximum atomic E-state index is 12.6. The van der Waals surface area contributed by atoms with Crippen molar-refractivity contribution in [1.82, 2.24) is 0 Å². The number of rotatable bonds is 8. The average molecular weight is 379 g/mol. The standard InChI is InChI=1S/C18H21NO6S/c1-4-24-18(20)12-25-14-6-8-15(9-7-14)26(21,22)19-16-11-13(2)5-10-17(16)23-3/h5-11,19H,4,12H2,1-3H3. The molecule has 0 saturated carbocycles. The molecule has 0 fully saturated rings. The number of sulfonamides is 1. The smallest absolute Gasteiger partial charge is 0.344 e. The van der Waals surface area contributed by atoms with E-state index in [4.69, 9.17) is 14.2 Å². The molecule has 0 spiro atoms. The number of carbonyl (C=O) groups is 1. The van der Waals surface area contributed by atoms with Gasteiger partial charge in [0.05, 0.1) is 24.3 Å².